The minimum Gasteiger partial charge on any atom is -0.454 e. The molecule has 94 valence electrons. The molecule has 5 heteroatoms. The van der Waals surface area contributed by atoms with E-state index in [2.05, 4.69) is 6.07 Å². The predicted octanol–water partition coefficient (Wildman–Crippen LogP) is 1.79. The van der Waals surface area contributed by atoms with E-state index in [1.807, 2.05) is 6.92 Å². The Morgan fingerprint density at radius 3 is 2.94 bits per heavy atom. The number of hydrogen-bond acceptors (Lipinski definition) is 4. The maximum absolute atomic E-state index is 12.2. The van der Waals surface area contributed by atoms with Crippen molar-refractivity contribution in [1.82, 2.24) is 4.90 Å². The molecule has 1 aromatic rings. The highest BCUT2D eigenvalue weighted by molar-refractivity contribution is 5.95. The molecule has 1 aromatic carbocycles. The highest BCUT2D eigenvalue weighted by atomic mass is 16.7. The van der Waals surface area contributed by atoms with Crippen LogP contribution >= 0.6 is 0 Å². The molecule has 0 radical (unpaired) electrons. The summed E-state index contributed by atoms with van der Waals surface area (Å²) in [5.41, 5.74) is 0.534. The van der Waals surface area contributed by atoms with Crippen molar-refractivity contribution in [3.8, 4) is 17.6 Å². The Morgan fingerprint density at radius 2 is 2.22 bits per heavy atom. The molecule has 1 aliphatic rings. The van der Waals surface area contributed by atoms with Gasteiger partial charge < -0.3 is 14.4 Å². The molecule has 5 nitrogen and oxygen atoms in total. The lowest BCUT2D eigenvalue weighted by atomic mass is 10.1. The fraction of sp³-hybridized carbons (Fsp3) is 0.385. The van der Waals surface area contributed by atoms with Gasteiger partial charge in [0.25, 0.3) is 5.91 Å². The molecule has 1 atom stereocenters. The zero-order chi connectivity index (χ0) is 13.1. The van der Waals surface area contributed by atoms with Crippen LogP contribution in [0.15, 0.2) is 18.2 Å². The van der Waals surface area contributed by atoms with Crippen LogP contribution in [-0.2, 0) is 0 Å². The number of ether oxygens (including phenoxy) is 2. The van der Waals surface area contributed by atoms with Crippen LogP contribution in [0.1, 0.15) is 23.7 Å². The molecule has 18 heavy (non-hydrogen) atoms. The minimum absolute atomic E-state index is 0.118. The van der Waals surface area contributed by atoms with Crippen molar-refractivity contribution in [2.45, 2.75) is 19.4 Å². The summed E-state index contributed by atoms with van der Waals surface area (Å²) >= 11 is 0. The third-order valence-corrected chi connectivity index (χ3v) is 2.99. The fourth-order valence-electron chi connectivity index (χ4n) is 1.70. The highest BCUT2D eigenvalue weighted by Crippen LogP contribution is 2.32. The monoisotopic (exact) mass is 246 g/mol. The maximum Gasteiger partial charge on any atom is 0.254 e. The average Bonchev–Trinajstić information content (AvgIpc) is 2.84. The van der Waals surface area contributed by atoms with Gasteiger partial charge in [-0.3, -0.25) is 4.79 Å². The van der Waals surface area contributed by atoms with Gasteiger partial charge in [-0.2, -0.15) is 5.26 Å². The number of rotatable bonds is 3. The summed E-state index contributed by atoms with van der Waals surface area (Å²) in [5.74, 6) is 1.11. The molecule has 2 rings (SSSR count). The molecule has 1 amide bonds. The molecule has 0 aliphatic carbocycles. The molecule has 1 aliphatic heterocycles. The van der Waals surface area contributed by atoms with Crippen LogP contribution < -0.4 is 9.47 Å². The normalized spacial score (nSPS) is 13.8. The quantitative estimate of drug-likeness (QED) is 0.815. The predicted molar refractivity (Wildman–Crippen MR) is 64.4 cm³/mol. The molecular formula is C13H14N2O3. The van der Waals surface area contributed by atoms with E-state index in [9.17, 15) is 4.79 Å². The lowest BCUT2D eigenvalue weighted by Crippen LogP contribution is -2.34. The van der Waals surface area contributed by atoms with E-state index in [1.54, 1.807) is 30.1 Å². The van der Waals surface area contributed by atoms with Crippen molar-refractivity contribution in [3.05, 3.63) is 23.8 Å². The molecule has 1 heterocycles. The molecule has 1 unspecified atom stereocenters. The number of amides is 1. The van der Waals surface area contributed by atoms with Gasteiger partial charge in [0.15, 0.2) is 11.5 Å². The Hall–Kier alpha value is -2.22. The summed E-state index contributed by atoms with van der Waals surface area (Å²) in [4.78, 5) is 13.7. The Morgan fingerprint density at radius 1 is 1.50 bits per heavy atom. The lowest BCUT2D eigenvalue weighted by molar-refractivity contribution is 0.0746. The topological polar surface area (TPSA) is 62.6 Å². The van der Waals surface area contributed by atoms with Gasteiger partial charge in [-0.05, 0) is 25.1 Å². The van der Waals surface area contributed by atoms with Gasteiger partial charge >= 0.3 is 0 Å². The van der Waals surface area contributed by atoms with Crippen LogP contribution in [0.3, 0.4) is 0 Å². The zero-order valence-corrected chi connectivity index (χ0v) is 10.3. The summed E-state index contributed by atoms with van der Waals surface area (Å²) in [6.07, 6.45) is 0.312. The molecule has 0 fully saturated rings. The molecule has 0 saturated carbocycles. The van der Waals surface area contributed by atoms with Gasteiger partial charge in [0.1, 0.15) is 0 Å². The summed E-state index contributed by atoms with van der Waals surface area (Å²) in [5, 5.41) is 8.64. The third kappa shape index (κ3) is 2.23. The molecule has 0 spiro atoms. The largest absolute Gasteiger partial charge is 0.454 e. The maximum atomic E-state index is 12.2. The first kappa shape index (κ1) is 12.2. The van der Waals surface area contributed by atoms with Gasteiger partial charge in [-0.25, -0.2) is 0 Å². The first-order valence-electron chi connectivity index (χ1n) is 5.67. The van der Waals surface area contributed by atoms with E-state index < -0.39 is 0 Å². The van der Waals surface area contributed by atoms with Crippen molar-refractivity contribution < 1.29 is 14.3 Å². The van der Waals surface area contributed by atoms with Crippen molar-refractivity contribution in [2.75, 3.05) is 13.8 Å². The summed E-state index contributed by atoms with van der Waals surface area (Å²) in [6.45, 7) is 2.03. The Kier molecular flexibility index (Phi) is 3.38. The van der Waals surface area contributed by atoms with E-state index in [1.165, 1.54) is 0 Å². The second kappa shape index (κ2) is 4.96. The summed E-state index contributed by atoms with van der Waals surface area (Å²) < 4.78 is 10.4. The number of hydrogen-bond donors (Lipinski definition) is 0. The summed E-state index contributed by atoms with van der Waals surface area (Å²) in [7, 11) is 1.69. The molecule has 0 N–H and O–H groups in total. The molecular weight excluding hydrogens is 232 g/mol. The van der Waals surface area contributed by atoms with Crippen molar-refractivity contribution in [2.24, 2.45) is 0 Å². The Bertz CT molecular complexity index is 507. The number of fused-ring (bicyclic) bond motifs is 1. The third-order valence-electron chi connectivity index (χ3n) is 2.99. The van der Waals surface area contributed by atoms with Gasteiger partial charge in [0.2, 0.25) is 6.79 Å². The molecule has 0 aromatic heterocycles. The van der Waals surface area contributed by atoms with Gasteiger partial charge in [-0.1, -0.05) is 0 Å². The molecule has 0 saturated heterocycles. The Balaban J connectivity index is 2.16. The van der Waals surface area contributed by atoms with Crippen molar-refractivity contribution in [1.29, 1.82) is 5.26 Å². The second-order valence-corrected chi connectivity index (χ2v) is 4.20. The van der Waals surface area contributed by atoms with Crippen LogP contribution in [0.4, 0.5) is 0 Å². The highest BCUT2D eigenvalue weighted by Gasteiger charge is 2.20. The Labute approximate surface area is 106 Å². The molecule has 0 bridgehead atoms. The van der Waals surface area contributed by atoms with E-state index in [-0.39, 0.29) is 18.7 Å². The standard InChI is InChI=1S/C13H14N2O3/c1-9(5-6-14)15(2)13(16)10-3-4-11-12(7-10)18-8-17-11/h3-4,7,9H,5,8H2,1-2H3. The van der Waals surface area contributed by atoms with Crippen LogP contribution in [0, 0.1) is 11.3 Å². The van der Waals surface area contributed by atoms with E-state index in [0.29, 0.717) is 23.5 Å². The van der Waals surface area contributed by atoms with Gasteiger partial charge in [-0.15, -0.1) is 0 Å². The van der Waals surface area contributed by atoms with Gasteiger partial charge in [0, 0.05) is 18.7 Å². The van der Waals surface area contributed by atoms with Crippen LogP contribution in [0.5, 0.6) is 11.5 Å². The zero-order valence-electron chi connectivity index (χ0n) is 10.3. The van der Waals surface area contributed by atoms with Crippen molar-refractivity contribution in [3.63, 3.8) is 0 Å². The summed E-state index contributed by atoms with van der Waals surface area (Å²) in [6, 6.07) is 7.03. The van der Waals surface area contributed by atoms with Crippen LogP contribution in [0.25, 0.3) is 0 Å². The smallest absolute Gasteiger partial charge is 0.254 e. The number of nitrogens with zero attached hydrogens (tertiary/aromatic N) is 2. The lowest BCUT2D eigenvalue weighted by Gasteiger charge is -2.23. The number of benzene rings is 1. The van der Waals surface area contributed by atoms with E-state index in [0.717, 1.165) is 0 Å². The number of carbonyl (C=O) groups excluding carboxylic acids is 1. The number of nitriles is 1. The van der Waals surface area contributed by atoms with E-state index in [4.69, 9.17) is 14.7 Å². The van der Waals surface area contributed by atoms with Crippen molar-refractivity contribution >= 4 is 5.91 Å². The van der Waals surface area contributed by atoms with E-state index >= 15 is 0 Å². The number of carbonyl (C=O) groups is 1. The van der Waals surface area contributed by atoms with Gasteiger partial charge in [0.05, 0.1) is 12.5 Å². The van der Waals surface area contributed by atoms with Crippen LogP contribution in [0.2, 0.25) is 0 Å². The average molecular weight is 246 g/mol. The first-order chi connectivity index (χ1) is 8.63. The second-order valence-electron chi connectivity index (χ2n) is 4.20. The van der Waals surface area contributed by atoms with Crippen LogP contribution in [-0.4, -0.2) is 30.7 Å². The first-order valence-corrected chi connectivity index (χ1v) is 5.67. The minimum atomic E-state index is -0.129. The fourth-order valence-corrected chi connectivity index (χ4v) is 1.70. The SMILES string of the molecule is CC(CC#N)N(C)C(=O)c1ccc2c(c1)OCO2.